The van der Waals surface area contributed by atoms with Gasteiger partial charge in [-0.2, -0.15) is 0 Å². The van der Waals surface area contributed by atoms with Crippen LogP contribution < -0.4 is 5.73 Å². The molecule has 0 spiro atoms. The molecular formula is C15H27N5O2. The molecule has 22 heavy (non-hydrogen) atoms. The number of fused-ring (bicyclic) bond motifs is 1. The number of nitrogens with zero attached hydrogens (tertiary/aromatic N) is 4. The molecule has 3 N–H and O–H groups in total. The van der Waals surface area contributed by atoms with E-state index in [1.807, 2.05) is 23.4 Å². The van der Waals surface area contributed by atoms with E-state index in [0.29, 0.717) is 12.5 Å². The van der Waals surface area contributed by atoms with E-state index in [9.17, 15) is 5.11 Å². The lowest BCUT2D eigenvalue weighted by atomic mass is 9.84. The summed E-state index contributed by atoms with van der Waals surface area (Å²) in [5.74, 6) is 1.61. The summed E-state index contributed by atoms with van der Waals surface area (Å²) in [5.41, 5.74) is 6.92. The van der Waals surface area contributed by atoms with Crippen molar-refractivity contribution in [3.63, 3.8) is 0 Å². The number of hydrogen-bond donors (Lipinski definition) is 2. The molecule has 1 aromatic rings. The van der Waals surface area contributed by atoms with Crippen molar-refractivity contribution in [2.45, 2.75) is 26.6 Å². The van der Waals surface area contributed by atoms with E-state index >= 15 is 0 Å². The second-order valence-electron chi connectivity index (χ2n) is 6.22. The number of aliphatic hydroxyl groups excluding tert-OH is 1. The molecule has 1 aliphatic rings. The summed E-state index contributed by atoms with van der Waals surface area (Å²) in [6, 6.07) is 0. The summed E-state index contributed by atoms with van der Waals surface area (Å²) in [5, 5.41) is 9.44. The fraction of sp³-hybridized carbons (Fsp3) is 0.733. The van der Waals surface area contributed by atoms with Crippen LogP contribution in [0.2, 0.25) is 0 Å². The number of rotatable bonds is 7. The van der Waals surface area contributed by atoms with Crippen molar-refractivity contribution in [3.05, 3.63) is 12.0 Å². The molecule has 0 saturated heterocycles. The molecule has 7 nitrogen and oxygen atoms in total. The highest BCUT2D eigenvalue weighted by Crippen LogP contribution is 2.30. The zero-order valence-electron chi connectivity index (χ0n) is 13.8. The van der Waals surface area contributed by atoms with Gasteiger partial charge in [0, 0.05) is 33.9 Å². The minimum Gasteiger partial charge on any atom is -0.396 e. The predicted octanol–water partition coefficient (Wildman–Crippen LogP) is 0.973. The second-order valence-corrected chi connectivity index (χ2v) is 6.22. The third-order valence-corrected chi connectivity index (χ3v) is 4.51. The molecule has 2 rings (SSSR count). The van der Waals surface area contributed by atoms with Crippen LogP contribution in [0.3, 0.4) is 0 Å². The van der Waals surface area contributed by atoms with Crippen LogP contribution in [0, 0.1) is 17.8 Å². The van der Waals surface area contributed by atoms with E-state index in [0.717, 1.165) is 18.1 Å². The quantitative estimate of drug-likeness (QED) is 0.783. The Balaban J connectivity index is 2.15. The number of nitrogens with two attached hydrogens (primary N) is 1. The third-order valence-electron chi connectivity index (χ3n) is 4.51. The van der Waals surface area contributed by atoms with Crippen molar-refractivity contribution in [1.29, 1.82) is 0 Å². The molecule has 0 aliphatic carbocycles. The number of aliphatic hydroxyl groups is 1. The fourth-order valence-electron chi connectivity index (χ4n) is 2.95. The van der Waals surface area contributed by atoms with Gasteiger partial charge in [0.05, 0.1) is 12.7 Å². The molecule has 2 heterocycles. The lowest BCUT2D eigenvalue weighted by Gasteiger charge is -2.29. The number of ether oxygens (including phenoxy) is 1. The molecule has 124 valence electrons. The summed E-state index contributed by atoms with van der Waals surface area (Å²) < 4.78 is 7.36. The molecule has 0 saturated carbocycles. The fourth-order valence-corrected chi connectivity index (χ4v) is 2.95. The average molecular weight is 309 g/mol. The first-order valence-electron chi connectivity index (χ1n) is 7.66. The summed E-state index contributed by atoms with van der Waals surface area (Å²) in [6.07, 6.45) is 3.28. The Kier molecular flexibility index (Phi) is 5.55. The zero-order chi connectivity index (χ0) is 16.3. The molecule has 4 atom stereocenters. The van der Waals surface area contributed by atoms with Crippen LogP contribution in [-0.4, -0.2) is 53.3 Å². The van der Waals surface area contributed by atoms with Gasteiger partial charge in [0.25, 0.3) is 0 Å². The van der Waals surface area contributed by atoms with Gasteiger partial charge in [0.15, 0.2) is 5.82 Å². The Morgan fingerprint density at radius 2 is 2.14 bits per heavy atom. The van der Waals surface area contributed by atoms with Crippen molar-refractivity contribution in [2.24, 2.45) is 28.5 Å². The minimum atomic E-state index is -0.254. The molecule has 3 unspecified atom stereocenters. The lowest BCUT2D eigenvalue weighted by Crippen LogP contribution is -2.33. The van der Waals surface area contributed by atoms with Gasteiger partial charge in [-0.15, -0.1) is 0 Å². The Labute approximate surface area is 131 Å². The molecule has 0 radical (unpaired) electrons. The Morgan fingerprint density at radius 3 is 2.77 bits per heavy atom. The lowest BCUT2D eigenvalue weighted by molar-refractivity contribution is 0.0617. The van der Waals surface area contributed by atoms with Crippen LogP contribution in [0.5, 0.6) is 0 Å². The first-order chi connectivity index (χ1) is 10.5. The first kappa shape index (κ1) is 16.9. The molecule has 0 bridgehead atoms. The van der Waals surface area contributed by atoms with E-state index in [2.05, 4.69) is 16.9 Å². The summed E-state index contributed by atoms with van der Waals surface area (Å²) in [4.78, 5) is 10.7. The summed E-state index contributed by atoms with van der Waals surface area (Å²) >= 11 is 0. The predicted molar refractivity (Wildman–Crippen MR) is 85.9 cm³/mol. The maximum atomic E-state index is 9.44. The van der Waals surface area contributed by atoms with Crippen LogP contribution in [0.1, 0.15) is 25.7 Å². The molecule has 0 amide bonds. The van der Waals surface area contributed by atoms with Crippen LogP contribution in [-0.2, 0) is 11.3 Å². The van der Waals surface area contributed by atoms with Crippen molar-refractivity contribution < 1.29 is 9.84 Å². The highest BCUT2D eigenvalue weighted by Gasteiger charge is 2.27. The van der Waals surface area contributed by atoms with Gasteiger partial charge in [0.2, 0.25) is 0 Å². The van der Waals surface area contributed by atoms with Gasteiger partial charge in [-0.3, -0.25) is 0 Å². The largest absolute Gasteiger partial charge is 0.396 e. The summed E-state index contributed by atoms with van der Waals surface area (Å²) in [6.45, 7) is 5.78. The van der Waals surface area contributed by atoms with Crippen LogP contribution in [0.4, 0.5) is 5.82 Å². The topological polar surface area (TPSA) is 88.9 Å². The Morgan fingerprint density at radius 1 is 1.41 bits per heavy atom. The van der Waals surface area contributed by atoms with Crippen LogP contribution in [0.25, 0.3) is 0 Å². The normalized spacial score (nSPS) is 21.5. The average Bonchev–Trinajstić information content (AvgIpc) is 2.91. The number of aromatic nitrogens is 2. The number of aliphatic imine (C=N–C) groups is 1. The highest BCUT2D eigenvalue weighted by atomic mass is 16.5. The van der Waals surface area contributed by atoms with Gasteiger partial charge < -0.3 is 25.0 Å². The molecule has 1 aromatic heterocycles. The van der Waals surface area contributed by atoms with Gasteiger partial charge in [-0.25, -0.2) is 9.98 Å². The first-order valence-corrected chi connectivity index (χ1v) is 7.66. The molecule has 1 aliphatic heterocycles. The summed E-state index contributed by atoms with van der Waals surface area (Å²) in [7, 11) is 3.58. The Bertz CT molecular complexity index is 516. The van der Waals surface area contributed by atoms with Crippen LogP contribution >= 0.6 is 0 Å². The smallest absolute Gasteiger partial charge is 0.160 e. The number of methoxy groups -OCH3 is 1. The van der Waals surface area contributed by atoms with E-state index in [1.54, 1.807) is 19.8 Å². The number of imidazole rings is 1. The van der Waals surface area contributed by atoms with Gasteiger partial charge in [0.1, 0.15) is 11.9 Å². The molecule has 0 aromatic carbocycles. The zero-order valence-corrected chi connectivity index (χ0v) is 13.8. The molecule has 7 heteroatoms. The van der Waals surface area contributed by atoms with Crippen molar-refractivity contribution >= 4 is 12.2 Å². The van der Waals surface area contributed by atoms with Crippen LogP contribution in [0.15, 0.2) is 11.3 Å². The van der Waals surface area contributed by atoms with Gasteiger partial charge >= 0.3 is 0 Å². The van der Waals surface area contributed by atoms with Crippen molar-refractivity contribution in [2.75, 3.05) is 27.4 Å². The Hall–Kier alpha value is -1.44. The van der Waals surface area contributed by atoms with E-state index < -0.39 is 0 Å². The van der Waals surface area contributed by atoms with Gasteiger partial charge in [-0.05, 0) is 17.8 Å². The minimum absolute atomic E-state index is 0.161. The van der Waals surface area contributed by atoms with Crippen molar-refractivity contribution in [1.82, 2.24) is 14.5 Å². The standard InChI is InChI=1S/C15H27N5O2/c1-10(12(7-22-4)11(2)6-21)5-20-9-17-13-14(16)19(3)8-18-15(13)20/h8-12,14,21H,5-7,16H2,1-4H3/t10?,11?,12-,14?/m0/s1. The monoisotopic (exact) mass is 309 g/mol. The number of hydrogen-bond acceptors (Lipinski definition) is 6. The maximum absolute atomic E-state index is 9.44. The molecule has 0 fully saturated rings. The van der Waals surface area contributed by atoms with Gasteiger partial charge in [-0.1, -0.05) is 13.8 Å². The molecular weight excluding hydrogens is 282 g/mol. The van der Waals surface area contributed by atoms with Crippen molar-refractivity contribution in [3.8, 4) is 0 Å². The van der Waals surface area contributed by atoms with E-state index in [-0.39, 0.29) is 24.6 Å². The van der Waals surface area contributed by atoms with E-state index in [4.69, 9.17) is 10.5 Å². The second kappa shape index (κ2) is 7.21. The third kappa shape index (κ3) is 3.31. The maximum Gasteiger partial charge on any atom is 0.160 e. The highest BCUT2D eigenvalue weighted by molar-refractivity contribution is 5.65. The SMILES string of the molecule is COC[C@H](C(C)CO)C(C)Cn1cnc2c1N=CN(C)C2N. The van der Waals surface area contributed by atoms with E-state index in [1.165, 1.54) is 0 Å².